The van der Waals surface area contributed by atoms with Gasteiger partial charge in [-0.05, 0) is 0 Å². The van der Waals surface area contributed by atoms with E-state index in [0.29, 0.717) is 13.0 Å². The van der Waals surface area contributed by atoms with Gasteiger partial charge in [-0.2, -0.15) is 0 Å². The number of carbonyl (C=O) groups excluding carboxylic acids is 1. The monoisotopic (exact) mass is 160 g/mol. The predicted octanol–water partition coefficient (Wildman–Crippen LogP) is -0.301. The molecular weight excluding hydrogens is 148 g/mol. The van der Waals surface area contributed by atoms with Crippen LogP contribution < -0.4 is 0 Å². The van der Waals surface area contributed by atoms with E-state index >= 15 is 0 Å². The summed E-state index contributed by atoms with van der Waals surface area (Å²) in [5.41, 5.74) is 0. The Morgan fingerprint density at radius 1 is 1.91 bits per heavy atom. The summed E-state index contributed by atoms with van der Waals surface area (Å²) in [6.45, 7) is 0.707. The first-order valence-electron chi connectivity index (χ1n) is 3.59. The molecule has 0 aromatic carbocycles. The second-order valence-electron chi connectivity index (χ2n) is 2.63. The van der Waals surface area contributed by atoms with E-state index in [1.165, 1.54) is 7.11 Å². The Kier molecular flexibility index (Phi) is 2.84. The molecular formula is C7H12O4. The second kappa shape index (κ2) is 3.69. The van der Waals surface area contributed by atoms with Gasteiger partial charge in [0.1, 0.15) is 0 Å². The van der Waals surface area contributed by atoms with E-state index in [1.807, 2.05) is 0 Å². The third-order valence-electron chi connectivity index (χ3n) is 1.57. The maximum Gasteiger partial charge on any atom is 0.308 e. The fourth-order valence-corrected chi connectivity index (χ4v) is 0.867. The van der Waals surface area contributed by atoms with Gasteiger partial charge in [0.25, 0.3) is 0 Å². The minimum absolute atomic E-state index is 0.0658. The number of carbonyl (C=O) groups is 1. The van der Waals surface area contributed by atoms with Crippen molar-refractivity contribution in [1.29, 1.82) is 0 Å². The Balaban J connectivity index is 2.08. The van der Waals surface area contributed by atoms with Gasteiger partial charge in [0.15, 0.2) is 0 Å². The molecule has 1 fully saturated rings. The third kappa shape index (κ3) is 3.34. The maximum atomic E-state index is 10.6. The summed E-state index contributed by atoms with van der Waals surface area (Å²) in [5, 5.41) is 9.18. The fourth-order valence-electron chi connectivity index (χ4n) is 0.867. The van der Waals surface area contributed by atoms with Crippen LogP contribution >= 0.6 is 0 Å². The highest BCUT2D eigenvalue weighted by Gasteiger charge is 2.26. The highest BCUT2D eigenvalue weighted by atomic mass is 16.6. The van der Waals surface area contributed by atoms with Gasteiger partial charge in [-0.3, -0.25) is 4.79 Å². The zero-order valence-corrected chi connectivity index (χ0v) is 6.45. The predicted molar refractivity (Wildman–Crippen MR) is 37.0 cm³/mol. The van der Waals surface area contributed by atoms with Crippen LogP contribution in [0.3, 0.4) is 0 Å². The van der Waals surface area contributed by atoms with Crippen LogP contribution in [0.5, 0.6) is 0 Å². The molecule has 1 aliphatic heterocycles. The van der Waals surface area contributed by atoms with Crippen molar-refractivity contribution in [2.75, 3.05) is 13.7 Å². The average Bonchev–Trinajstić information content (AvgIpc) is 2.71. The van der Waals surface area contributed by atoms with Crippen LogP contribution in [0.4, 0.5) is 0 Å². The van der Waals surface area contributed by atoms with Crippen LogP contribution in [0.2, 0.25) is 0 Å². The van der Waals surface area contributed by atoms with E-state index in [0.717, 1.165) is 0 Å². The van der Waals surface area contributed by atoms with Crippen molar-refractivity contribution in [2.24, 2.45) is 0 Å². The number of methoxy groups -OCH3 is 1. The molecule has 0 radical (unpaired) electrons. The Bertz CT molecular complexity index is 141. The van der Waals surface area contributed by atoms with Gasteiger partial charge in [-0.25, -0.2) is 0 Å². The van der Waals surface area contributed by atoms with Crippen LogP contribution in [0.1, 0.15) is 12.8 Å². The summed E-state index contributed by atoms with van der Waals surface area (Å²) in [4.78, 5) is 10.6. The number of hydrogen-bond donors (Lipinski definition) is 1. The molecule has 64 valence electrons. The van der Waals surface area contributed by atoms with E-state index < -0.39 is 6.10 Å². The standard InChI is InChI=1S/C7H12O4/c1-10-7(9)3-5(8)2-6-4-11-6/h5-6,8H,2-4H2,1H3. The number of esters is 1. The minimum atomic E-state index is -0.616. The molecule has 0 bridgehead atoms. The van der Waals surface area contributed by atoms with Crippen LogP contribution in [0, 0.1) is 0 Å². The van der Waals surface area contributed by atoms with Gasteiger partial charge in [0.05, 0.1) is 32.3 Å². The Morgan fingerprint density at radius 2 is 2.55 bits per heavy atom. The topological polar surface area (TPSA) is 59.1 Å². The summed E-state index contributed by atoms with van der Waals surface area (Å²) in [6.07, 6.45) is 0.149. The summed E-state index contributed by atoms with van der Waals surface area (Å²) in [5.74, 6) is -0.377. The molecule has 2 unspecified atom stereocenters. The van der Waals surface area contributed by atoms with Crippen molar-refractivity contribution in [3.05, 3.63) is 0 Å². The Labute approximate surface area is 65.1 Å². The van der Waals surface area contributed by atoms with Crippen molar-refractivity contribution in [3.8, 4) is 0 Å². The number of rotatable bonds is 4. The van der Waals surface area contributed by atoms with Crippen molar-refractivity contribution < 1.29 is 19.4 Å². The van der Waals surface area contributed by atoms with Crippen molar-refractivity contribution >= 4 is 5.97 Å². The fraction of sp³-hybridized carbons (Fsp3) is 0.857. The van der Waals surface area contributed by atoms with Gasteiger partial charge < -0.3 is 14.6 Å². The zero-order chi connectivity index (χ0) is 8.27. The average molecular weight is 160 g/mol. The first-order chi connectivity index (χ1) is 5.22. The normalized spacial score (nSPS) is 24.4. The lowest BCUT2D eigenvalue weighted by molar-refractivity contribution is -0.142. The van der Waals surface area contributed by atoms with Gasteiger partial charge in [0.2, 0.25) is 0 Å². The molecule has 0 aromatic rings. The van der Waals surface area contributed by atoms with E-state index in [9.17, 15) is 9.90 Å². The SMILES string of the molecule is COC(=O)CC(O)CC1CO1. The van der Waals surface area contributed by atoms with E-state index in [1.54, 1.807) is 0 Å². The molecule has 0 aromatic heterocycles. The lowest BCUT2D eigenvalue weighted by Gasteiger charge is -2.05. The molecule has 4 nitrogen and oxygen atoms in total. The Hall–Kier alpha value is -0.610. The summed E-state index contributed by atoms with van der Waals surface area (Å²) < 4.78 is 9.27. The Morgan fingerprint density at radius 3 is 3.00 bits per heavy atom. The van der Waals surface area contributed by atoms with Crippen LogP contribution in [-0.4, -0.2) is 37.0 Å². The van der Waals surface area contributed by atoms with Crippen LogP contribution in [0.15, 0.2) is 0 Å². The number of hydrogen-bond acceptors (Lipinski definition) is 4. The smallest absolute Gasteiger partial charge is 0.308 e. The lowest BCUT2D eigenvalue weighted by Crippen LogP contribution is -2.16. The van der Waals surface area contributed by atoms with Crippen LogP contribution in [-0.2, 0) is 14.3 Å². The molecule has 1 aliphatic rings. The molecule has 1 rings (SSSR count). The number of aliphatic hydroxyl groups excluding tert-OH is 1. The summed E-state index contributed by atoms with van der Waals surface area (Å²) >= 11 is 0. The van der Waals surface area contributed by atoms with E-state index in [2.05, 4.69) is 4.74 Å². The first kappa shape index (κ1) is 8.49. The molecule has 1 N–H and O–H groups in total. The largest absolute Gasteiger partial charge is 0.469 e. The number of aliphatic hydroxyl groups is 1. The molecule has 1 saturated heterocycles. The molecule has 0 amide bonds. The maximum absolute atomic E-state index is 10.6. The molecule has 2 atom stereocenters. The molecule has 0 spiro atoms. The van der Waals surface area contributed by atoms with Crippen LogP contribution in [0.25, 0.3) is 0 Å². The molecule has 4 heteroatoms. The zero-order valence-electron chi connectivity index (χ0n) is 6.45. The lowest BCUT2D eigenvalue weighted by atomic mass is 10.1. The van der Waals surface area contributed by atoms with Gasteiger partial charge in [0, 0.05) is 6.42 Å². The molecule has 0 saturated carbocycles. The van der Waals surface area contributed by atoms with Gasteiger partial charge in [-0.1, -0.05) is 0 Å². The van der Waals surface area contributed by atoms with Gasteiger partial charge in [-0.15, -0.1) is 0 Å². The van der Waals surface area contributed by atoms with E-state index in [4.69, 9.17) is 4.74 Å². The highest BCUT2D eigenvalue weighted by molar-refractivity contribution is 5.69. The quantitative estimate of drug-likeness (QED) is 0.453. The van der Waals surface area contributed by atoms with Crippen molar-refractivity contribution in [3.63, 3.8) is 0 Å². The molecule has 0 aliphatic carbocycles. The summed E-state index contributed by atoms with van der Waals surface area (Å²) in [6, 6.07) is 0. The third-order valence-corrected chi connectivity index (χ3v) is 1.57. The second-order valence-corrected chi connectivity index (χ2v) is 2.63. The van der Waals surface area contributed by atoms with Crippen molar-refractivity contribution in [2.45, 2.75) is 25.0 Å². The van der Waals surface area contributed by atoms with E-state index in [-0.39, 0.29) is 18.5 Å². The minimum Gasteiger partial charge on any atom is -0.469 e. The highest BCUT2D eigenvalue weighted by Crippen LogP contribution is 2.16. The van der Waals surface area contributed by atoms with Crippen molar-refractivity contribution in [1.82, 2.24) is 0 Å². The summed E-state index contributed by atoms with van der Waals surface area (Å²) in [7, 11) is 1.31. The molecule has 1 heterocycles. The van der Waals surface area contributed by atoms with Gasteiger partial charge >= 0.3 is 5.97 Å². The number of epoxide rings is 1. The number of ether oxygens (including phenoxy) is 2. The first-order valence-corrected chi connectivity index (χ1v) is 3.59. The molecule has 11 heavy (non-hydrogen) atoms.